The molecule has 0 aliphatic carbocycles. The van der Waals surface area contributed by atoms with E-state index in [9.17, 15) is 8.78 Å². The molecule has 0 radical (unpaired) electrons. The lowest BCUT2D eigenvalue weighted by Crippen LogP contribution is -2.12. The van der Waals surface area contributed by atoms with Gasteiger partial charge in [-0.2, -0.15) is 5.10 Å². The molecule has 0 aliphatic rings. The summed E-state index contributed by atoms with van der Waals surface area (Å²) in [5.74, 6) is -1.28. The molecular weight excluding hydrogens is 304 g/mol. The fourth-order valence-corrected chi connectivity index (χ4v) is 2.01. The fourth-order valence-electron chi connectivity index (χ4n) is 1.75. The molecule has 2 N–H and O–H groups in total. The van der Waals surface area contributed by atoms with Crippen LogP contribution in [-0.4, -0.2) is 9.78 Å². The molecule has 0 saturated carbocycles. The molecule has 3 nitrogen and oxygen atoms in total. The zero-order valence-corrected chi connectivity index (χ0v) is 11.5. The third-order valence-corrected chi connectivity index (χ3v) is 3.82. The first-order chi connectivity index (χ1) is 8.41. The van der Waals surface area contributed by atoms with Crippen LogP contribution >= 0.6 is 15.9 Å². The summed E-state index contributed by atoms with van der Waals surface area (Å²) >= 11 is 3.32. The molecule has 18 heavy (non-hydrogen) atoms. The summed E-state index contributed by atoms with van der Waals surface area (Å²) in [6.45, 7) is 3.64. The minimum atomic E-state index is -0.874. The van der Waals surface area contributed by atoms with Crippen LogP contribution in [0.3, 0.4) is 0 Å². The van der Waals surface area contributed by atoms with Crippen molar-refractivity contribution in [1.82, 2.24) is 9.78 Å². The van der Waals surface area contributed by atoms with Crippen LogP contribution in [0, 0.1) is 18.6 Å². The Balaban J connectivity index is 2.44. The first-order valence-corrected chi connectivity index (χ1v) is 6.16. The number of halogens is 3. The lowest BCUT2D eigenvalue weighted by molar-refractivity contribution is 0.500. The second-order valence-electron chi connectivity index (χ2n) is 4.08. The second kappa shape index (κ2) is 4.68. The summed E-state index contributed by atoms with van der Waals surface area (Å²) in [7, 11) is 0. The standard InChI is InChI=1S/C12H12BrF2N3/c1-6-11(13)12(16)18(17-6)7(2)8-3-4-9(14)10(15)5-8/h3-5,7H,16H2,1-2H3. The van der Waals surface area contributed by atoms with Gasteiger partial charge in [-0.3, -0.25) is 0 Å². The van der Waals surface area contributed by atoms with Crippen LogP contribution in [0.2, 0.25) is 0 Å². The van der Waals surface area contributed by atoms with Crippen LogP contribution in [0.25, 0.3) is 0 Å². The number of hydrogen-bond acceptors (Lipinski definition) is 2. The first kappa shape index (κ1) is 13.0. The van der Waals surface area contributed by atoms with Crippen molar-refractivity contribution in [3.8, 4) is 0 Å². The van der Waals surface area contributed by atoms with Crippen molar-refractivity contribution in [2.24, 2.45) is 0 Å². The number of nitrogens with two attached hydrogens (primary N) is 1. The van der Waals surface area contributed by atoms with Crippen molar-refractivity contribution < 1.29 is 8.78 Å². The van der Waals surface area contributed by atoms with Crippen molar-refractivity contribution in [3.63, 3.8) is 0 Å². The van der Waals surface area contributed by atoms with Crippen molar-refractivity contribution in [2.75, 3.05) is 5.73 Å². The Labute approximate surface area is 112 Å². The third kappa shape index (κ3) is 2.12. The van der Waals surface area contributed by atoms with E-state index in [4.69, 9.17) is 5.73 Å². The summed E-state index contributed by atoms with van der Waals surface area (Å²) in [5.41, 5.74) is 7.25. The molecule has 0 amide bonds. The van der Waals surface area contributed by atoms with Gasteiger partial charge in [-0.25, -0.2) is 13.5 Å². The number of aryl methyl sites for hydroxylation is 1. The highest BCUT2D eigenvalue weighted by Crippen LogP contribution is 2.29. The normalized spacial score (nSPS) is 12.7. The number of nitrogens with zero attached hydrogens (tertiary/aromatic N) is 2. The largest absolute Gasteiger partial charge is 0.383 e. The lowest BCUT2D eigenvalue weighted by atomic mass is 10.1. The highest BCUT2D eigenvalue weighted by molar-refractivity contribution is 9.10. The predicted octanol–water partition coefficient (Wildman–Crippen LogP) is 3.42. The van der Waals surface area contributed by atoms with Crippen LogP contribution in [0.1, 0.15) is 24.2 Å². The molecule has 96 valence electrons. The van der Waals surface area contributed by atoms with Crippen molar-refractivity contribution >= 4 is 21.7 Å². The van der Waals surface area contributed by atoms with Crippen LogP contribution in [0.4, 0.5) is 14.6 Å². The zero-order chi connectivity index (χ0) is 13.4. The van der Waals surface area contributed by atoms with Gasteiger partial charge in [0, 0.05) is 0 Å². The Morgan fingerprint density at radius 2 is 2.00 bits per heavy atom. The van der Waals surface area contributed by atoms with E-state index in [1.807, 2.05) is 13.8 Å². The highest BCUT2D eigenvalue weighted by Gasteiger charge is 2.17. The van der Waals surface area contributed by atoms with E-state index < -0.39 is 11.6 Å². The number of hydrogen-bond donors (Lipinski definition) is 1. The van der Waals surface area contributed by atoms with E-state index in [1.54, 1.807) is 4.68 Å². The second-order valence-corrected chi connectivity index (χ2v) is 4.87. The molecule has 0 fully saturated rings. The van der Waals surface area contributed by atoms with E-state index in [0.29, 0.717) is 11.4 Å². The summed E-state index contributed by atoms with van der Waals surface area (Å²) in [6, 6.07) is 3.51. The highest BCUT2D eigenvalue weighted by atomic mass is 79.9. The SMILES string of the molecule is Cc1nn(C(C)c2ccc(F)c(F)c2)c(N)c1Br. The van der Waals surface area contributed by atoms with Gasteiger partial charge in [0.15, 0.2) is 11.6 Å². The van der Waals surface area contributed by atoms with E-state index >= 15 is 0 Å². The topological polar surface area (TPSA) is 43.8 Å². The van der Waals surface area contributed by atoms with Gasteiger partial charge in [0.05, 0.1) is 16.2 Å². The number of anilines is 1. The Morgan fingerprint density at radius 3 is 2.50 bits per heavy atom. The molecular formula is C12H12BrF2N3. The third-order valence-electron chi connectivity index (χ3n) is 2.84. The summed E-state index contributed by atoms with van der Waals surface area (Å²) in [6.07, 6.45) is 0. The molecule has 1 aromatic heterocycles. The predicted molar refractivity (Wildman–Crippen MR) is 69.2 cm³/mol. The van der Waals surface area contributed by atoms with Gasteiger partial charge >= 0.3 is 0 Å². The summed E-state index contributed by atoms with van der Waals surface area (Å²) < 4.78 is 28.4. The van der Waals surface area contributed by atoms with Crippen molar-refractivity contribution in [3.05, 3.63) is 45.6 Å². The van der Waals surface area contributed by atoms with Gasteiger partial charge in [0.2, 0.25) is 0 Å². The Hall–Kier alpha value is -1.43. The minimum Gasteiger partial charge on any atom is -0.383 e. The quantitative estimate of drug-likeness (QED) is 0.922. The smallest absolute Gasteiger partial charge is 0.159 e. The molecule has 1 unspecified atom stereocenters. The maximum absolute atomic E-state index is 13.2. The molecule has 2 aromatic rings. The molecule has 2 rings (SSSR count). The van der Waals surface area contributed by atoms with Gasteiger partial charge in [-0.15, -0.1) is 0 Å². The maximum Gasteiger partial charge on any atom is 0.159 e. The van der Waals surface area contributed by atoms with Crippen LogP contribution in [0.5, 0.6) is 0 Å². The summed E-state index contributed by atoms with van der Waals surface area (Å²) in [4.78, 5) is 0. The Kier molecular flexibility index (Phi) is 3.38. The number of rotatable bonds is 2. The molecule has 6 heteroatoms. The molecule has 1 heterocycles. The lowest BCUT2D eigenvalue weighted by Gasteiger charge is -2.14. The van der Waals surface area contributed by atoms with Crippen LogP contribution in [-0.2, 0) is 0 Å². The Bertz CT molecular complexity index is 595. The van der Waals surface area contributed by atoms with E-state index in [2.05, 4.69) is 21.0 Å². The average Bonchev–Trinajstić information content (AvgIpc) is 2.60. The van der Waals surface area contributed by atoms with Gasteiger partial charge in [-0.05, 0) is 47.5 Å². The minimum absolute atomic E-state index is 0.273. The zero-order valence-electron chi connectivity index (χ0n) is 9.92. The Morgan fingerprint density at radius 1 is 1.33 bits per heavy atom. The van der Waals surface area contributed by atoms with Crippen LogP contribution < -0.4 is 5.73 Å². The van der Waals surface area contributed by atoms with Gasteiger partial charge in [0.25, 0.3) is 0 Å². The molecule has 0 spiro atoms. The maximum atomic E-state index is 13.2. The molecule has 1 aromatic carbocycles. The molecule has 0 saturated heterocycles. The van der Waals surface area contributed by atoms with Crippen molar-refractivity contribution in [2.45, 2.75) is 19.9 Å². The van der Waals surface area contributed by atoms with Gasteiger partial charge in [0.1, 0.15) is 5.82 Å². The van der Waals surface area contributed by atoms with Gasteiger partial charge in [-0.1, -0.05) is 6.07 Å². The number of nitrogen functional groups attached to an aromatic ring is 1. The van der Waals surface area contributed by atoms with Gasteiger partial charge < -0.3 is 5.73 Å². The molecule has 0 aliphatic heterocycles. The van der Waals surface area contributed by atoms with Crippen molar-refractivity contribution in [1.29, 1.82) is 0 Å². The fraction of sp³-hybridized carbons (Fsp3) is 0.250. The number of aromatic nitrogens is 2. The van der Waals surface area contributed by atoms with Crippen LogP contribution in [0.15, 0.2) is 22.7 Å². The first-order valence-electron chi connectivity index (χ1n) is 5.37. The average molecular weight is 316 g/mol. The number of benzene rings is 1. The summed E-state index contributed by atoms with van der Waals surface area (Å²) in [5, 5.41) is 4.27. The van der Waals surface area contributed by atoms with E-state index in [1.165, 1.54) is 6.07 Å². The van der Waals surface area contributed by atoms with E-state index in [0.717, 1.165) is 22.3 Å². The van der Waals surface area contributed by atoms with E-state index in [-0.39, 0.29) is 6.04 Å². The molecule has 0 bridgehead atoms. The molecule has 1 atom stereocenters. The monoisotopic (exact) mass is 315 g/mol.